The fourth-order valence-electron chi connectivity index (χ4n) is 2.10. The van der Waals surface area contributed by atoms with Crippen molar-refractivity contribution in [2.45, 2.75) is 25.9 Å². The smallest absolute Gasteiger partial charge is 0.131 e. The van der Waals surface area contributed by atoms with Crippen molar-refractivity contribution in [3.05, 3.63) is 23.6 Å². The van der Waals surface area contributed by atoms with Gasteiger partial charge in [-0.2, -0.15) is 0 Å². The van der Waals surface area contributed by atoms with Crippen molar-refractivity contribution in [1.82, 2.24) is 25.3 Å². The first-order valence-corrected chi connectivity index (χ1v) is 7.06. The van der Waals surface area contributed by atoms with Gasteiger partial charge in [0.2, 0.25) is 0 Å². The van der Waals surface area contributed by atoms with Gasteiger partial charge in [0.25, 0.3) is 0 Å². The molecule has 3 rings (SSSR count). The average Bonchev–Trinajstić information content (AvgIpc) is 2.75. The second-order valence-corrected chi connectivity index (χ2v) is 5.63. The molecule has 0 amide bonds. The Hall–Kier alpha value is -1.66. The van der Waals surface area contributed by atoms with Crippen molar-refractivity contribution in [1.29, 1.82) is 0 Å². The zero-order valence-electron chi connectivity index (χ0n) is 11.5. The number of halogens is 1. The minimum atomic E-state index is 0.304. The summed E-state index contributed by atoms with van der Waals surface area (Å²) in [5.74, 6) is 0. The van der Waals surface area contributed by atoms with E-state index in [1.807, 2.05) is 16.9 Å². The number of hydrogen-bond acceptors (Lipinski definition) is 5. The van der Waals surface area contributed by atoms with E-state index in [9.17, 15) is 0 Å². The lowest BCUT2D eigenvalue weighted by atomic mass is 10.1. The third-order valence-corrected chi connectivity index (χ3v) is 3.44. The molecule has 2 aromatic heterocycles. The SMILES string of the molecule is CC(C)Nc1cc(Cl)ncc1-c1cn(C2CNC2)nn1. The monoisotopic (exact) mass is 292 g/mol. The average molecular weight is 293 g/mol. The third-order valence-electron chi connectivity index (χ3n) is 3.24. The lowest BCUT2D eigenvalue weighted by Gasteiger charge is -2.26. The van der Waals surface area contributed by atoms with Crippen LogP contribution in [-0.4, -0.2) is 39.1 Å². The summed E-state index contributed by atoms with van der Waals surface area (Å²) in [6.45, 7) is 6.04. The highest BCUT2D eigenvalue weighted by Gasteiger charge is 2.21. The molecule has 0 saturated carbocycles. The summed E-state index contributed by atoms with van der Waals surface area (Å²) in [5.41, 5.74) is 2.66. The fraction of sp³-hybridized carbons (Fsp3) is 0.462. The Morgan fingerprint density at radius 1 is 1.45 bits per heavy atom. The number of aromatic nitrogens is 4. The number of nitrogens with one attached hydrogen (secondary N) is 2. The number of nitrogens with zero attached hydrogens (tertiary/aromatic N) is 4. The highest BCUT2D eigenvalue weighted by Crippen LogP contribution is 2.28. The molecule has 7 heteroatoms. The summed E-state index contributed by atoms with van der Waals surface area (Å²) in [5, 5.41) is 15.5. The molecule has 3 heterocycles. The highest BCUT2D eigenvalue weighted by atomic mass is 35.5. The maximum absolute atomic E-state index is 5.97. The topological polar surface area (TPSA) is 67.7 Å². The summed E-state index contributed by atoms with van der Waals surface area (Å²) in [4.78, 5) is 4.15. The molecule has 6 nitrogen and oxygen atoms in total. The molecule has 2 aromatic rings. The number of pyridine rings is 1. The number of rotatable bonds is 4. The van der Waals surface area contributed by atoms with Gasteiger partial charge in [-0.1, -0.05) is 16.8 Å². The van der Waals surface area contributed by atoms with Crippen LogP contribution >= 0.6 is 11.6 Å². The van der Waals surface area contributed by atoms with Crippen LogP contribution < -0.4 is 10.6 Å². The molecule has 1 aliphatic heterocycles. The van der Waals surface area contributed by atoms with Crippen LogP contribution in [0.1, 0.15) is 19.9 Å². The van der Waals surface area contributed by atoms with Crippen LogP contribution in [0.15, 0.2) is 18.5 Å². The predicted molar refractivity (Wildman–Crippen MR) is 78.9 cm³/mol. The van der Waals surface area contributed by atoms with Crippen LogP contribution in [0.5, 0.6) is 0 Å². The molecule has 1 aliphatic rings. The van der Waals surface area contributed by atoms with E-state index < -0.39 is 0 Å². The minimum Gasteiger partial charge on any atom is -0.382 e. The van der Waals surface area contributed by atoms with Crippen molar-refractivity contribution in [3.8, 4) is 11.3 Å². The molecule has 0 aliphatic carbocycles. The Morgan fingerprint density at radius 3 is 2.90 bits per heavy atom. The van der Waals surface area contributed by atoms with Crippen molar-refractivity contribution < 1.29 is 0 Å². The highest BCUT2D eigenvalue weighted by molar-refractivity contribution is 6.29. The van der Waals surface area contributed by atoms with Gasteiger partial charge in [0.05, 0.1) is 12.2 Å². The molecule has 0 aromatic carbocycles. The Morgan fingerprint density at radius 2 is 2.25 bits per heavy atom. The normalized spacial score (nSPS) is 15.4. The van der Waals surface area contributed by atoms with E-state index in [1.165, 1.54) is 0 Å². The van der Waals surface area contributed by atoms with Gasteiger partial charge in [0, 0.05) is 36.6 Å². The summed E-state index contributed by atoms with van der Waals surface area (Å²) in [7, 11) is 0. The van der Waals surface area contributed by atoms with E-state index >= 15 is 0 Å². The minimum absolute atomic E-state index is 0.304. The van der Waals surface area contributed by atoms with Gasteiger partial charge in [-0.3, -0.25) is 0 Å². The van der Waals surface area contributed by atoms with Gasteiger partial charge in [0.15, 0.2) is 0 Å². The largest absolute Gasteiger partial charge is 0.382 e. The molecular weight excluding hydrogens is 276 g/mol. The first-order valence-electron chi connectivity index (χ1n) is 6.68. The van der Waals surface area contributed by atoms with Crippen molar-refractivity contribution in [3.63, 3.8) is 0 Å². The van der Waals surface area contributed by atoms with Crippen LogP contribution in [0.2, 0.25) is 5.15 Å². The van der Waals surface area contributed by atoms with E-state index in [1.54, 1.807) is 6.20 Å². The first kappa shape index (κ1) is 13.3. The molecule has 106 valence electrons. The molecule has 20 heavy (non-hydrogen) atoms. The van der Waals surface area contributed by atoms with Gasteiger partial charge in [-0.05, 0) is 19.9 Å². The van der Waals surface area contributed by atoms with Crippen LogP contribution in [0.25, 0.3) is 11.3 Å². The van der Waals surface area contributed by atoms with Gasteiger partial charge in [0.1, 0.15) is 10.8 Å². The predicted octanol–water partition coefficient (Wildman–Crippen LogP) is 1.96. The molecule has 0 unspecified atom stereocenters. The summed E-state index contributed by atoms with van der Waals surface area (Å²) >= 11 is 5.97. The van der Waals surface area contributed by atoms with Crippen molar-refractivity contribution in [2.75, 3.05) is 18.4 Å². The number of hydrogen-bond donors (Lipinski definition) is 2. The Kier molecular flexibility index (Phi) is 3.58. The molecule has 0 atom stereocenters. The Labute approximate surface area is 122 Å². The third kappa shape index (κ3) is 2.62. The molecule has 0 bridgehead atoms. The second kappa shape index (κ2) is 5.38. The maximum atomic E-state index is 5.97. The summed E-state index contributed by atoms with van der Waals surface area (Å²) in [6, 6.07) is 2.52. The van der Waals surface area contributed by atoms with Crippen LogP contribution in [0.3, 0.4) is 0 Å². The van der Waals surface area contributed by atoms with Crippen LogP contribution in [0.4, 0.5) is 5.69 Å². The molecule has 2 N–H and O–H groups in total. The van der Waals surface area contributed by atoms with Crippen LogP contribution in [-0.2, 0) is 0 Å². The standard InChI is InChI=1S/C13H17ClN6/c1-8(2)17-11-3-13(14)16-6-10(11)12-7-20(19-18-12)9-4-15-5-9/h3,6-9,15H,4-5H2,1-2H3,(H,16,17). The van der Waals surface area contributed by atoms with E-state index in [4.69, 9.17) is 11.6 Å². The quantitative estimate of drug-likeness (QED) is 0.843. The van der Waals surface area contributed by atoms with Crippen molar-refractivity contribution in [2.24, 2.45) is 0 Å². The molecule has 0 radical (unpaired) electrons. The zero-order valence-corrected chi connectivity index (χ0v) is 12.2. The lowest BCUT2D eigenvalue weighted by Crippen LogP contribution is -2.43. The number of anilines is 1. The molecule has 1 fully saturated rings. The van der Waals surface area contributed by atoms with Gasteiger partial charge in [-0.25, -0.2) is 9.67 Å². The van der Waals surface area contributed by atoms with Crippen LogP contribution in [0, 0.1) is 0 Å². The fourth-order valence-corrected chi connectivity index (χ4v) is 2.26. The molecule has 1 saturated heterocycles. The molecule has 0 spiro atoms. The Bertz CT molecular complexity index is 605. The Balaban J connectivity index is 1.93. The van der Waals surface area contributed by atoms with Gasteiger partial charge >= 0.3 is 0 Å². The van der Waals surface area contributed by atoms with Gasteiger partial charge in [-0.15, -0.1) is 5.10 Å². The maximum Gasteiger partial charge on any atom is 0.131 e. The van der Waals surface area contributed by atoms with Crippen molar-refractivity contribution >= 4 is 17.3 Å². The van der Waals surface area contributed by atoms with E-state index in [0.29, 0.717) is 17.2 Å². The van der Waals surface area contributed by atoms with Gasteiger partial charge < -0.3 is 10.6 Å². The van der Waals surface area contributed by atoms with E-state index in [-0.39, 0.29) is 0 Å². The van der Waals surface area contributed by atoms with E-state index in [0.717, 1.165) is 30.0 Å². The summed E-state index contributed by atoms with van der Waals surface area (Å²) in [6.07, 6.45) is 3.70. The lowest BCUT2D eigenvalue weighted by molar-refractivity contribution is 0.313. The zero-order chi connectivity index (χ0) is 14.1. The second-order valence-electron chi connectivity index (χ2n) is 5.25. The molecular formula is C13H17ClN6. The van der Waals surface area contributed by atoms with E-state index in [2.05, 4.69) is 39.8 Å². The summed E-state index contributed by atoms with van der Waals surface area (Å²) < 4.78 is 1.90. The first-order chi connectivity index (χ1) is 9.63.